The van der Waals surface area contributed by atoms with Gasteiger partial charge in [-0.3, -0.25) is 9.69 Å². The number of carbonyl (C=O) groups excluding carboxylic acids is 1. The summed E-state index contributed by atoms with van der Waals surface area (Å²) in [6.45, 7) is 5.94. The molecule has 0 saturated carbocycles. The first-order valence-corrected chi connectivity index (χ1v) is 6.57. The number of carbonyl (C=O) groups is 1. The van der Waals surface area contributed by atoms with E-state index in [0.29, 0.717) is 11.6 Å². The summed E-state index contributed by atoms with van der Waals surface area (Å²) in [7, 11) is 0. The summed E-state index contributed by atoms with van der Waals surface area (Å²) in [5.74, 6) is 0.121. The summed E-state index contributed by atoms with van der Waals surface area (Å²) in [6.07, 6.45) is 1.12. The topological polar surface area (TPSA) is 58.4 Å². The second kappa shape index (κ2) is 5.57. The molecular formula is C14H20FN3O. The van der Waals surface area contributed by atoms with Crippen molar-refractivity contribution in [2.45, 2.75) is 26.3 Å². The zero-order valence-corrected chi connectivity index (χ0v) is 11.3. The van der Waals surface area contributed by atoms with Gasteiger partial charge in [-0.15, -0.1) is 0 Å². The molecule has 2 rings (SSSR count). The van der Waals surface area contributed by atoms with Gasteiger partial charge in [0.05, 0.1) is 17.4 Å². The van der Waals surface area contributed by atoms with E-state index < -0.39 is 5.82 Å². The molecule has 19 heavy (non-hydrogen) atoms. The highest BCUT2D eigenvalue weighted by atomic mass is 19.1. The number of hydrogen-bond donors (Lipinski definition) is 2. The van der Waals surface area contributed by atoms with E-state index in [4.69, 9.17) is 5.73 Å². The Balaban J connectivity index is 2.00. The minimum absolute atomic E-state index is 0.104. The first kappa shape index (κ1) is 13.8. The van der Waals surface area contributed by atoms with Gasteiger partial charge in [0.2, 0.25) is 5.91 Å². The number of nitrogens with one attached hydrogen (secondary N) is 1. The number of rotatable bonds is 3. The number of likely N-dealkylation sites (tertiary alicyclic amines) is 1. The molecule has 1 aromatic rings. The Bertz CT molecular complexity index is 478. The van der Waals surface area contributed by atoms with Crippen molar-refractivity contribution < 1.29 is 9.18 Å². The number of amides is 1. The second-order valence-corrected chi connectivity index (χ2v) is 5.29. The van der Waals surface area contributed by atoms with E-state index in [1.54, 1.807) is 0 Å². The van der Waals surface area contributed by atoms with Gasteiger partial charge < -0.3 is 11.1 Å². The maximum absolute atomic E-state index is 12.9. The van der Waals surface area contributed by atoms with Crippen LogP contribution in [0.3, 0.4) is 0 Å². The van der Waals surface area contributed by atoms with Crippen molar-refractivity contribution in [2.75, 3.05) is 24.1 Å². The third-order valence-corrected chi connectivity index (χ3v) is 3.65. The fraction of sp³-hybridized carbons (Fsp3) is 0.500. The highest BCUT2D eigenvalue weighted by molar-refractivity contribution is 5.97. The number of anilines is 2. The fourth-order valence-corrected chi connectivity index (χ4v) is 2.37. The van der Waals surface area contributed by atoms with Crippen LogP contribution in [0.2, 0.25) is 0 Å². The Morgan fingerprint density at radius 2 is 2.32 bits per heavy atom. The van der Waals surface area contributed by atoms with Crippen LogP contribution in [-0.4, -0.2) is 29.9 Å². The van der Waals surface area contributed by atoms with Crippen molar-refractivity contribution in [1.29, 1.82) is 0 Å². The van der Waals surface area contributed by atoms with Crippen LogP contribution in [0, 0.1) is 11.7 Å². The Labute approximate surface area is 112 Å². The number of halogens is 1. The Morgan fingerprint density at radius 3 is 2.89 bits per heavy atom. The third kappa shape index (κ3) is 3.23. The lowest BCUT2D eigenvalue weighted by Gasteiger charge is -2.23. The molecular weight excluding hydrogens is 245 g/mol. The minimum atomic E-state index is -0.406. The minimum Gasteiger partial charge on any atom is -0.397 e. The number of nitrogen functional groups attached to an aromatic ring is 1. The zero-order valence-electron chi connectivity index (χ0n) is 11.3. The number of benzene rings is 1. The second-order valence-electron chi connectivity index (χ2n) is 5.29. The van der Waals surface area contributed by atoms with Crippen molar-refractivity contribution in [3.63, 3.8) is 0 Å². The van der Waals surface area contributed by atoms with Gasteiger partial charge in [0, 0.05) is 6.54 Å². The Kier molecular flexibility index (Phi) is 4.04. The van der Waals surface area contributed by atoms with Gasteiger partial charge in [-0.2, -0.15) is 0 Å². The van der Waals surface area contributed by atoms with Gasteiger partial charge in [0.15, 0.2) is 0 Å². The number of nitrogens with two attached hydrogens (primary N) is 1. The van der Waals surface area contributed by atoms with Crippen LogP contribution in [0.25, 0.3) is 0 Å². The van der Waals surface area contributed by atoms with Crippen molar-refractivity contribution in [1.82, 2.24) is 4.90 Å². The number of nitrogens with zero attached hydrogens (tertiary/aromatic N) is 1. The molecule has 0 aliphatic carbocycles. The highest BCUT2D eigenvalue weighted by Crippen LogP contribution is 2.21. The first-order chi connectivity index (χ1) is 8.97. The summed E-state index contributed by atoms with van der Waals surface area (Å²) in [5, 5.41) is 2.76. The predicted molar refractivity (Wildman–Crippen MR) is 74.3 cm³/mol. The van der Waals surface area contributed by atoms with Gasteiger partial charge >= 0.3 is 0 Å². The van der Waals surface area contributed by atoms with Crippen LogP contribution in [0.1, 0.15) is 20.3 Å². The van der Waals surface area contributed by atoms with Gasteiger partial charge in [-0.1, -0.05) is 6.92 Å². The molecule has 4 nitrogen and oxygen atoms in total. The Morgan fingerprint density at radius 1 is 1.58 bits per heavy atom. The smallest absolute Gasteiger partial charge is 0.241 e. The molecule has 1 saturated heterocycles. The lowest BCUT2D eigenvalue weighted by molar-refractivity contribution is -0.120. The molecule has 104 valence electrons. The average molecular weight is 265 g/mol. The normalized spacial score (nSPS) is 21.3. The largest absolute Gasteiger partial charge is 0.397 e. The van der Waals surface area contributed by atoms with E-state index in [0.717, 1.165) is 19.5 Å². The molecule has 0 radical (unpaired) electrons. The van der Waals surface area contributed by atoms with Crippen LogP contribution >= 0.6 is 0 Å². The van der Waals surface area contributed by atoms with Gasteiger partial charge in [0.25, 0.3) is 0 Å². The first-order valence-electron chi connectivity index (χ1n) is 6.57. The summed E-state index contributed by atoms with van der Waals surface area (Å²) in [4.78, 5) is 14.3. The molecule has 0 bridgehead atoms. The SMILES string of the molecule is CC1CCN(C(C)C(=O)Nc2ccc(F)cc2N)C1. The average Bonchev–Trinajstić information content (AvgIpc) is 2.78. The van der Waals surface area contributed by atoms with Crippen LogP contribution < -0.4 is 11.1 Å². The molecule has 1 fully saturated rings. The lowest BCUT2D eigenvalue weighted by Crippen LogP contribution is -2.40. The zero-order chi connectivity index (χ0) is 14.0. The van der Waals surface area contributed by atoms with Crippen molar-refractivity contribution >= 4 is 17.3 Å². The van der Waals surface area contributed by atoms with Crippen molar-refractivity contribution in [2.24, 2.45) is 5.92 Å². The van der Waals surface area contributed by atoms with E-state index >= 15 is 0 Å². The molecule has 2 atom stereocenters. The van der Waals surface area contributed by atoms with Crippen molar-refractivity contribution in [3.05, 3.63) is 24.0 Å². The standard InChI is InChI=1S/C14H20FN3O/c1-9-5-6-18(8-9)10(2)14(19)17-13-4-3-11(15)7-12(13)16/h3-4,7,9-10H,5-6,8,16H2,1-2H3,(H,17,19). The summed E-state index contributed by atoms with van der Waals surface area (Å²) >= 11 is 0. The Hall–Kier alpha value is -1.62. The number of hydrogen-bond acceptors (Lipinski definition) is 3. The van der Waals surface area contributed by atoms with E-state index in [2.05, 4.69) is 17.1 Å². The monoisotopic (exact) mass is 265 g/mol. The maximum Gasteiger partial charge on any atom is 0.241 e. The molecule has 5 heteroatoms. The molecule has 3 N–H and O–H groups in total. The molecule has 1 aliphatic heterocycles. The molecule has 0 spiro atoms. The lowest BCUT2D eigenvalue weighted by atomic mass is 10.2. The van der Waals surface area contributed by atoms with E-state index in [-0.39, 0.29) is 17.6 Å². The third-order valence-electron chi connectivity index (χ3n) is 3.65. The van der Waals surface area contributed by atoms with E-state index in [1.807, 2.05) is 6.92 Å². The maximum atomic E-state index is 12.9. The van der Waals surface area contributed by atoms with Crippen LogP contribution in [0.5, 0.6) is 0 Å². The van der Waals surface area contributed by atoms with Gasteiger partial charge in [-0.25, -0.2) is 4.39 Å². The van der Waals surface area contributed by atoms with E-state index in [1.165, 1.54) is 18.2 Å². The summed E-state index contributed by atoms with van der Waals surface area (Å²) in [6, 6.07) is 3.78. The van der Waals surface area contributed by atoms with Crippen molar-refractivity contribution in [3.8, 4) is 0 Å². The van der Waals surface area contributed by atoms with Crippen LogP contribution in [-0.2, 0) is 4.79 Å². The fourth-order valence-electron chi connectivity index (χ4n) is 2.37. The van der Waals surface area contributed by atoms with Crippen LogP contribution in [0.4, 0.5) is 15.8 Å². The molecule has 1 aliphatic rings. The summed E-state index contributed by atoms with van der Waals surface area (Å²) in [5.41, 5.74) is 6.39. The molecule has 0 aromatic heterocycles. The molecule has 1 heterocycles. The van der Waals surface area contributed by atoms with Crippen LogP contribution in [0.15, 0.2) is 18.2 Å². The van der Waals surface area contributed by atoms with E-state index in [9.17, 15) is 9.18 Å². The molecule has 1 aromatic carbocycles. The quantitative estimate of drug-likeness (QED) is 0.823. The summed E-state index contributed by atoms with van der Waals surface area (Å²) < 4.78 is 12.9. The van der Waals surface area contributed by atoms with Gasteiger partial charge in [-0.05, 0) is 44.0 Å². The van der Waals surface area contributed by atoms with Gasteiger partial charge in [0.1, 0.15) is 5.82 Å². The highest BCUT2D eigenvalue weighted by Gasteiger charge is 2.27. The molecule has 2 unspecified atom stereocenters. The predicted octanol–water partition coefficient (Wildman–Crippen LogP) is 2.08. The molecule has 1 amide bonds.